The molecule has 23 heavy (non-hydrogen) atoms. The largest absolute Gasteiger partial charge is 0.342 e. The molecule has 1 N–H and O–H groups in total. The Balaban J connectivity index is 1.90. The molecule has 2 aromatic carbocycles. The van der Waals surface area contributed by atoms with E-state index in [1.54, 1.807) is 30.3 Å². The maximum Gasteiger partial charge on any atom is 0.298 e. The summed E-state index contributed by atoms with van der Waals surface area (Å²) in [6, 6.07) is 12.4. The second-order valence-electron chi connectivity index (χ2n) is 4.66. The molecule has 5 nitrogen and oxygen atoms in total. The summed E-state index contributed by atoms with van der Waals surface area (Å²) >= 11 is 0. The molecule has 0 saturated heterocycles. The topological polar surface area (TPSA) is 72.2 Å². The molecule has 8 heteroatoms. The van der Waals surface area contributed by atoms with E-state index in [0.29, 0.717) is 17.3 Å². The van der Waals surface area contributed by atoms with E-state index in [1.165, 1.54) is 6.07 Å². The summed E-state index contributed by atoms with van der Waals surface area (Å²) in [4.78, 5) is 0. The van der Waals surface area contributed by atoms with Gasteiger partial charge in [-0.3, -0.25) is 4.72 Å². The Kier molecular flexibility index (Phi) is 3.83. The minimum Gasteiger partial charge on any atom is -0.342 e. The van der Waals surface area contributed by atoms with E-state index in [0.717, 1.165) is 12.1 Å². The predicted molar refractivity (Wildman–Crippen MR) is 79.1 cm³/mol. The van der Waals surface area contributed by atoms with E-state index in [2.05, 4.69) is 5.16 Å². The van der Waals surface area contributed by atoms with Gasteiger partial charge in [0.25, 0.3) is 15.1 Å². The first kappa shape index (κ1) is 15.2. The van der Waals surface area contributed by atoms with Crippen molar-refractivity contribution in [3.63, 3.8) is 0 Å². The van der Waals surface area contributed by atoms with E-state index in [9.17, 15) is 17.2 Å². The van der Waals surface area contributed by atoms with Gasteiger partial charge in [-0.2, -0.15) is 8.42 Å². The lowest BCUT2D eigenvalue weighted by molar-refractivity contribution is 0.341. The fraction of sp³-hybridized carbons (Fsp3) is 0. The maximum absolute atomic E-state index is 13.1. The van der Waals surface area contributed by atoms with Crippen LogP contribution in [0.1, 0.15) is 0 Å². The summed E-state index contributed by atoms with van der Waals surface area (Å²) < 4.78 is 57.5. The molecule has 3 aromatic rings. The summed E-state index contributed by atoms with van der Waals surface area (Å²) in [5.74, 6) is -1.80. The van der Waals surface area contributed by atoms with Crippen molar-refractivity contribution in [2.24, 2.45) is 0 Å². The molecule has 0 aliphatic carbocycles. The Bertz CT molecular complexity index is 920. The average Bonchev–Trinajstić information content (AvgIpc) is 2.97. The molecular formula is C15H10F2N2O3S. The van der Waals surface area contributed by atoms with E-state index >= 15 is 0 Å². The molecule has 0 fully saturated rings. The first-order valence-electron chi connectivity index (χ1n) is 6.45. The Morgan fingerprint density at radius 3 is 2.26 bits per heavy atom. The third-order valence-corrected chi connectivity index (χ3v) is 4.16. The van der Waals surface area contributed by atoms with Crippen LogP contribution in [0.4, 0.5) is 14.5 Å². The van der Waals surface area contributed by atoms with Gasteiger partial charge in [-0.15, -0.1) is 0 Å². The highest BCUT2D eigenvalue weighted by molar-refractivity contribution is 7.92. The van der Waals surface area contributed by atoms with Crippen molar-refractivity contribution >= 4 is 15.7 Å². The zero-order valence-corrected chi connectivity index (χ0v) is 12.3. The van der Waals surface area contributed by atoms with Crippen LogP contribution in [0.3, 0.4) is 0 Å². The van der Waals surface area contributed by atoms with Crippen molar-refractivity contribution in [3.05, 3.63) is 66.2 Å². The van der Waals surface area contributed by atoms with Crippen LogP contribution in [0, 0.1) is 11.6 Å². The lowest BCUT2D eigenvalue weighted by atomic mass is 10.2. The number of anilines is 1. The number of sulfonamides is 1. The van der Waals surface area contributed by atoms with Gasteiger partial charge in [-0.25, -0.2) is 8.78 Å². The number of hydrogen-bond donors (Lipinski definition) is 1. The Hall–Kier alpha value is -2.74. The van der Waals surface area contributed by atoms with Crippen molar-refractivity contribution in [1.82, 2.24) is 5.16 Å². The fourth-order valence-electron chi connectivity index (χ4n) is 1.95. The van der Waals surface area contributed by atoms with E-state index in [4.69, 9.17) is 4.52 Å². The van der Waals surface area contributed by atoms with Crippen LogP contribution in [0.25, 0.3) is 11.3 Å². The van der Waals surface area contributed by atoms with Crippen LogP contribution >= 0.6 is 0 Å². The number of halogens is 2. The molecule has 0 bridgehead atoms. The zero-order chi connectivity index (χ0) is 16.4. The molecular weight excluding hydrogens is 326 g/mol. The van der Waals surface area contributed by atoms with Crippen molar-refractivity contribution < 1.29 is 21.7 Å². The Morgan fingerprint density at radius 2 is 1.61 bits per heavy atom. The van der Waals surface area contributed by atoms with Crippen molar-refractivity contribution in [3.8, 4) is 11.3 Å². The van der Waals surface area contributed by atoms with E-state index in [1.807, 2.05) is 4.72 Å². The summed E-state index contributed by atoms with van der Waals surface area (Å²) in [7, 11) is -4.15. The standard InChI is InChI=1S/C15H10F2N2O3S/c16-11-6-12(17)8-13(7-11)19-23(20,21)15-9-14(18-22-15)10-4-2-1-3-5-10/h1-9,19H. The van der Waals surface area contributed by atoms with Gasteiger partial charge in [0.1, 0.15) is 17.3 Å². The third-order valence-electron chi connectivity index (χ3n) is 2.94. The molecule has 1 aromatic heterocycles. The molecule has 0 aliphatic heterocycles. The highest BCUT2D eigenvalue weighted by Crippen LogP contribution is 2.23. The minimum atomic E-state index is -4.15. The normalized spacial score (nSPS) is 11.4. The molecule has 0 aliphatic rings. The molecule has 3 rings (SSSR count). The molecule has 1 heterocycles. The van der Waals surface area contributed by atoms with Crippen LogP contribution in [0.5, 0.6) is 0 Å². The SMILES string of the molecule is O=S(=O)(Nc1cc(F)cc(F)c1)c1cc(-c2ccccc2)no1. The van der Waals surface area contributed by atoms with Gasteiger partial charge in [0.2, 0.25) is 0 Å². The van der Waals surface area contributed by atoms with Crippen molar-refractivity contribution in [2.45, 2.75) is 5.09 Å². The van der Waals surface area contributed by atoms with Gasteiger partial charge in [0.05, 0.1) is 5.69 Å². The second kappa shape index (κ2) is 5.81. The van der Waals surface area contributed by atoms with Gasteiger partial charge in [-0.1, -0.05) is 35.5 Å². The van der Waals surface area contributed by atoms with Crippen LogP contribution in [0.2, 0.25) is 0 Å². The van der Waals surface area contributed by atoms with Crippen LogP contribution in [0.15, 0.2) is 64.2 Å². The van der Waals surface area contributed by atoms with Gasteiger partial charge in [0.15, 0.2) is 0 Å². The highest BCUT2D eigenvalue weighted by atomic mass is 32.2. The second-order valence-corrected chi connectivity index (χ2v) is 6.27. The summed E-state index contributed by atoms with van der Waals surface area (Å²) in [5.41, 5.74) is 0.756. The number of hydrogen-bond acceptors (Lipinski definition) is 4. The van der Waals surface area contributed by atoms with E-state index < -0.39 is 26.8 Å². The molecule has 0 radical (unpaired) electrons. The Labute approximate surface area is 130 Å². The number of nitrogens with zero attached hydrogens (tertiary/aromatic N) is 1. The van der Waals surface area contributed by atoms with Gasteiger partial charge in [0, 0.05) is 17.7 Å². The van der Waals surface area contributed by atoms with Crippen LogP contribution < -0.4 is 4.72 Å². The van der Waals surface area contributed by atoms with E-state index in [-0.39, 0.29) is 5.69 Å². The monoisotopic (exact) mass is 336 g/mol. The van der Waals surface area contributed by atoms with Crippen molar-refractivity contribution in [2.75, 3.05) is 4.72 Å². The van der Waals surface area contributed by atoms with Crippen molar-refractivity contribution in [1.29, 1.82) is 0 Å². The third kappa shape index (κ3) is 3.37. The minimum absolute atomic E-state index is 0.250. The molecule has 0 amide bonds. The van der Waals surface area contributed by atoms with Crippen LogP contribution in [-0.2, 0) is 10.0 Å². The first-order valence-corrected chi connectivity index (χ1v) is 7.93. The smallest absolute Gasteiger partial charge is 0.298 e. The quantitative estimate of drug-likeness (QED) is 0.792. The lowest BCUT2D eigenvalue weighted by Gasteiger charge is -2.05. The molecule has 0 unspecified atom stereocenters. The molecule has 0 saturated carbocycles. The average molecular weight is 336 g/mol. The van der Waals surface area contributed by atoms with Gasteiger partial charge >= 0.3 is 0 Å². The van der Waals surface area contributed by atoms with Crippen LogP contribution in [-0.4, -0.2) is 13.6 Å². The number of nitrogens with one attached hydrogen (secondary N) is 1. The highest BCUT2D eigenvalue weighted by Gasteiger charge is 2.21. The number of benzene rings is 2. The molecule has 0 spiro atoms. The number of rotatable bonds is 4. The lowest BCUT2D eigenvalue weighted by Crippen LogP contribution is -2.12. The molecule has 118 valence electrons. The maximum atomic E-state index is 13.1. The summed E-state index contributed by atoms with van der Waals surface area (Å²) in [5, 5.41) is 3.23. The van der Waals surface area contributed by atoms with Gasteiger partial charge in [-0.05, 0) is 12.1 Å². The Morgan fingerprint density at radius 1 is 0.957 bits per heavy atom. The fourth-order valence-corrected chi connectivity index (χ4v) is 2.88. The predicted octanol–water partition coefficient (Wildman–Crippen LogP) is 3.42. The first-order chi connectivity index (χ1) is 10.9. The summed E-state index contributed by atoms with van der Waals surface area (Å²) in [6.45, 7) is 0. The number of aromatic nitrogens is 1. The molecule has 0 atom stereocenters. The summed E-state index contributed by atoms with van der Waals surface area (Å²) in [6.07, 6.45) is 0. The van der Waals surface area contributed by atoms with Gasteiger partial charge < -0.3 is 4.52 Å². The zero-order valence-electron chi connectivity index (χ0n) is 11.5.